The van der Waals surface area contributed by atoms with E-state index in [0.29, 0.717) is 18.5 Å². The van der Waals surface area contributed by atoms with Crippen LogP contribution in [0.3, 0.4) is 0 Å². The van der Waals surface area contributed by atoms with Gasteiger partial charge < -0.3 is 0 Å². The summed E-state index contributed by atoms with van der Waals surface area (Å²) < 4.78 is 0. The fraction of sp³-hybridized carbons (Fsp3) is 0.429. The molecule has 0 N–H and O–H groups in total. The van der Waals surface area contributed by atoms with E-state index in [1.54, 1.807) is 0 Å². The van der Waals surface area contributed by atoms with E-state index in [9.17, 15) is 14.9 Å². The molecule has 0 saturated carbocycles. The van der Waals surface area contributed by atoms with Gasteiger partial charge in [-0.05, 0) is 26.0 Å². The summed E-state index contributed by atoms with van der Waals surface area (Å²) in [6, 6.07) is 7.78. The number of nitrogens with zero attached hydrogens (tertiary/aromatic N) is 3. The molecule has 0 atom stereocenters. The van der Waals surface area contributed by atoms with Crippen LogP contribution in [-0.2, 0) is 0 Å². The molecule has 6 nitrogen and oxygen atoms in total. The first-order valence-corrected chi connectivity index (χ1v) is 6.34. The van der Waals surface area contributed by atoms with E-state index in [0.717, 1.165) is 0 Å². The molecule has 1 rings (SSSR count). The largest absolute Gasteiger partial charge is 0.293 e. The lowest BCUT2D eigenvalue weighted by molar-refractivity contribution is -0.384. The van der Waals surface area contributed by atoms with Crippen LogP contribution in [0.2, 0.25) is 0 Å². The lowest BCUT2D eigenvalue weighted by atomic mass is 10.1. The van der Waals surface area contributed by atoms with Crippen molar-refractivity contribution in [2.24, 2.45) is 0 Å². The van der Waals surface area contributed by atoms with Gasteiger partial charge in [-0.3, -0.25) is 19.8 Å². The zero-order valence-electron chi connectivity index (χ0n) is 11.6. The maximum Gasteiger partial charge on any atom is 0.269 e. The number of rotatable bonds is 7. The number of carbonyl (C=O) groups is 1. The van der Waals surface area contributed by atoms with Crippen molar-refractivity contribution in [3.8, 4) is 6.07 Å². The molecule has 0 aliphatic rings. The van der Waals surface area contributed by atoms with Gasteiger partial charge in [0.05, 0.1) is 17.5 Å². The Bertz CT molecular complexity index is 517. The second-order valence-electron chi connectivity index (χ2n) is 4.70. The molecule has 0 spiro atoms. The molecule has 0 aromatic heterocycles. The van der Waals surface area contributed by atoms with Gasteiger partial charge in [-0.25, -0.2) is 0 Å². The maximum absolute atomic E-state index is 12.1. The molecule has 0 unspecified atom stereocenters. The average Bonchev–Trinajstić information content (AvgIpc) is 2.42. The molecule has 0 saturated heterocycles. The van der Waals surface area contributed by atoms with Gasteiger partial charge in [0.1, 0.15) is 0 Å². The monoisotopic (exact) mass is 275 g/mol. The molecule has 6 heteroatoms. The minimum Gasteiger partial charge on any atom is -0.293 e. The standard InChI is InChI=1S/C14H17N3O3/c1-11(2)16(9-3-8-15)10-14(18)12-4-6-13(7-5-12)17(19)20/h4-7,11H,3,9-10H2,1-2H3. The van der Waals surface area contributed by atoms with Crippen LogP contribution in [0.1, 0.15) is 30.6 Å². The van der Waals surface area contributed by atoms with Crippen molar-refractivity contribution in [3.63, 3.8) is 0 Å². The summed E-state index contributed by atoms with van der Waals surface area (Å²) in [5.41, 5.74) is 0.407. The lowest BCUT2D eigenvalue weighted by Crippen LogP contribution is -2.36. The topological polar surface area (TPSA) is 87.2 Å². The number of nitro groups is 1. The minimum atomic E-state index is -0.498. The highest BCUT2D eigenvalue weighted by atomic mass is 16.6. The highest BCUT2D eigenvalue weighted by Crippen LogP contribution is 2.13. The molecule has 1 aromatic carbocycles. The van der Waals surface area contributed by atoms with Gasteiger partial charge in [-0.2, -0.15) is 5.26 Å². The second kappa shape index (κ2) is 7.36. The van der Waals surface area contributed by atoms with Crippen LogP contribution in [0.25, 0.3) is 0 Å². The number of hydrogen-bond acceptors (Lipinski definition) is 5. The van der Waals surface area contributed by atoms with E-state index >= 15 is 0 Å². The van der Waals surface area contributed by atoms with Crippen molar-refractivity contribution < 1.29 is 9.72 Å². The van der Waals surface area contributed by atoms with Crippen molar-refractivity contribution in [2.75, 3.05) is 13.1 Å². The zero-order valence-corrected chi connectivity index (χ0v) is 11.6. The predicted molar refractivity (Wildman–Crippen MR) is 74.4 cm³/mol. The van der Waals surface area contributed by atoms with Gasteiger partial charge in [0.15, 0.2) is 5.78 Å². The van der Waals surface area contributed by atoms with Crippen LogP contribution in [0, 0.1) is 21.4 Å². The summed E-state index contributed by atoms with van der Waals surface area (Å²) >= 11 is 0. The third-order valence-electron chi connectivity index (χ3n) is 2.99. The van der Waals surface area contributed by atoms with Crippen LogP contribution in [-0.4, -0.2) is 34.7 Å². The normalized spacial score (nSPS) is 10.6. The van der Waals surface area contributed by atoms with Gasteiger partial charge in [0, 0.05) is 36.7 Å². The third-order valence-corrected chi connectivity index (χ3v) is 2.99. The summed E-state index contributed by atoms with van der Waals surface area (Å²) in [5, 5.41) is 19.2. The van der Waals surface area contributed by atoms with E-state index in [1.165, 1.54) is 24.3 Å². The Labute approximate surface area is 117 Å². The van der Waals surface area contributed by atoms with Crippen LogP contribution in [0.15, 0.2) is 24.3 Å². The van der Waals surface area contributed by atoms with E-state index < -0.39 is 4.92 Å². The predicted octanol–water partition coefficient (Wildman–Crippen LogP) is 2.40. The molecular formula is C14H17N3O3. The van der Waals surface area contributed by atoms with Gasteiger partial charge in [-0.15, -0.1) is 0 Å². The Morgan fingerprint density at radius 2 is 2.00 bits per heavy atom. The molecule has 1 aromatic rings. The molecule has 0 fully saturated rings. The summed E-state index contributed by atoms with van der Waals surface area (Å²) in [6.45, 7) is 4.66. The van der Waals surface area contributed by atoms with E-state index in [2.05, 4.69) is 6.07 Å². The van der Waals surface area contributed by atoms with Crippen LogP contribution in [0.5, 0.6) is 0 Å². The minimum absolute atomic E-state index is 0.0354. The molecule has 0 aliphatic heterocycles. The first kappa shape index (κ1) is 15.8. The smallest absolute Gasteiger partial charge is 0.269 e. The summed E-state index contributed by atoms with van der Waals surface area (Å²) in [6.07, 6.45) is 0.367. The number of nitro benzene ring substituents is 1. The van der Waals surface area contributed by atoms with E-state index in [-0.39, 0.29) is 24.1 Å². The first-order valence-electron chi connectivity index (χ1n) is 6.34. The highest BCUT2D eigenvalue weighted by Gasteiger charge is 2.16. The zero-order chi connectivity index (χ0) is 15.1. The fourth-order valence-corrected chi connectivity index (χ4v) is 1.76. The molecule has 0 aliphatic carbocycles. The average molecular weight is 275 g/mol. The number of nitriles is 1. The lowest BCUT2D eigenvalue weighted by Gasteiger charge is -2.24. The molecule has 20 heavy (non-hydrogen) atoms. The highest BCUT2D eigenvalue weighted by molar-refractivity contribution is 5.97. The third kappa shape index (κ3) is 4.44. The Morgan fingerprint density at radius 1 is 1.40 bits per heavy atom. The van der Waals surface area contributed by atoms with Crippen LogP contribution >= 0.6 is 0 Å². The number of benzene rings is 1. The number of non-ortho nitro benzene ring substituents is 1. The quantitative estimate of drug-likeness (QED) is 0.433. The summed E-state index contributed by atoms with van der Waals surface area (Å²) in [4.78, 5) is 24.1. The molecule has 0 bridgehead atoms. The van der Waals surface area contributed by atoms with Gasteiger partial charge >= 0.3 is 0 Å². The van der Waals surface area contributed by atoms with Crippen molar-refractivity contribution in [2.45, 2.75) is 26.3 Å². The number of carbonyl (C=O) groups excluding carboxylic acids is 1. The van der Waals surface area contributed by atoms with Crippen molar-refractivity contribution in [1.29, 1.82) is 5.26 Å². The van der Waals surface area contributed by atoms with Crippen molar-refractivity contribution >= 4 is 11.5 Å². The number of Topliss-reactive ketones (excluding diaryl/α,β-unsaturated/α-hetero) is 1. The molecular weight excluding hydrogens is 258 g/mol. The number of hydrogen-bond donors (Lipinski definition) is 0. The van der Waals surface area contributed by atoms with E-state index in [4.69, 9.17) is 5.26 Å². The SMILES string of the molecule is CC(C)N(CCC#N)CC(=O)c1ccc([N+](=O)[O-])cc1. The van der Waals surface area contributed by atoms with Crippen molar-refractivity contribution in [3.05, 3.63) is 39.9 Å². The Kier molecular flexibility index (Phi) is 5.81. The second-order valence-corrected chi connectivity index (χ2v) is 4.70. The molecule has 0 amide bonds. The first-order chi connectivity index (χ1) is 9.45. The Hall–Kier alpha value is -2.26. The Morgan fingerprint density at radius 3 is 2.45 bits per heavy atom. The maximum atomic E-state index is 12.1. The van der Waals surface area contributed by atoms with Gasteiger partial charge in [0.25, 0.3) is 5.69 Å². The van der Waals surface area contributed by atoms with Gasteiger partial charge in [-0.1, -0.05) is 0 Å². The van der Waals surface area contributed by atoms with Crippen LogP contribution in [0.4, 0.5) is 5.69 Å². The van der Waals surface area contributed by atoms with Crippen LogP contribution < -0.4 is 0 Å². The summed E-state index contributed by atoms with van der Waals surface area (Å²) in [7, 11) is 0. The summed E-state index contributed by atoms with van der Waals surface area (Å²) in [5.74, 6) is -0.105. The van der Waals surface area contributed by atoms with E-state index in [1.807, 2.05) is 18.7 Å². The number of ketones is 1. The van der Waals surface area contributed by atoms with Crippen molar-refractivity contribution in [1.82, 2.24) is 4.90 Å². The van der Waals surface area contributed by atoms with Gasteiger partial charge in [0.2, 0.25) is 0 Å². The molecule has 106 valence electrons. The Balaban J connectivity index is 2.73. The fourth-order valence-electron chi connectivity index (χ4n) is 1.76. The molecule has 0 radical (unpaired) electrons. The molecule has 0 heterocycles.